The fourth-order valence-corrected chi connectivity index (χ4v) is 1.29. The van der Waals surface area contributed by atoms with E-state index >= 15 is 0 Å². The van der Waals surface area contributed by atoms with Gasteiger partial charge in [0.1, 0.15) is 6.54 Å². The number of aryl methyl sites for hydroxylation is 2. The molecule has 0 radical (unpaired) electrons. The van der Waals surface area contributed by atoms with Gasteiger partial charge in [0.05, 0.1) is 0 Å². The van der Waals surface area contributed by atoms with Gasteiger partial charge in [-0.25, -0.2) is 5.84 Å². The number of hydrogen-bond acceptors (Lipinski definition) is 3. The molecule has 0 aromatic carbocycles. The molecule has 0 saturated carbocycles. The Morgan fingerprint density at radius 2 is 2.14 bits per heavy atom. The molecule has 0 atom stereocenters. The van der Waals surface area contributed by atoms with E-state index in [1.165, 1.54) is 10.6 Å². The van der Waals surface area contributed by atoms with Gasteiger partial charge in [-0.3, -0.25) is 15.0 Å². The maximum Gasteiger partial charge on any atom is 0.253 e. The fraction of sp³-hybridized carbons (Fsp3) is 0.333. The third kappa shape index (κ3) is 2.20. The highest BCUT2D eigenvalue weighted by molar-refractivity contribution is 5.75. The molecule has 0 unspecified atom stereocenters. The monoisotopic (exact) mass is 195 g/mol. The maximum atomic E-state index is 11.5. The number of hydrogen-bond donors (Lipinski definition) is 2. The number of carbonyl (C=O) groups excluding carboxylic acids is 1. The van der Waals surface area contributed by atoms with E-state index in [0.29, 0.717) is 0 Å². The average Bonchev–Trinajstić information content (AvgIpc) is 2.10. The van der Waals surface area contributed by atoms with Gasteiger partial charge in [0.25, 0.3) is 11.5 Å². The Balaban J connectivity index is 3.09. The summed E-state index contributed by atoms with van der Waals surface area (Å²) in [6.45, 7) is 3.57. The normalized spacial score (nSPS) is 9.93. The number of nitrogens with two attached hydrogens (primary N) is 1. The molecule has 76 valence electrons. The average molecular weight is 195 g/mol. The van der Waals surface area contributed by atoms with Gasteiger partial charge in [-0.05, 0) is 25.5 Å². The Labute approximate surface area is 81.5 Å². The van der Waals surface area contributed by atoms with Crippen LogP contribution in [0.2, 0.25) is 0 Å². The summed E-state index contributed by atoms with van der Waals surface area (Å²) in [4.78, 5) is 22.4. The van der Waals surface area contributed by atoms with Crippen LogP contribution in [-0.4, -0.2) is 10.5 Å². The van der Waals surface area contributed by atoms with Crippen LogP contribution >= 0.6 is 0 Å². The summed E-state index contributed by atoms with van der Waals surface area (Å²) < 4.78 is 1.37. The van der Waals surface area contributed by atoms with Gasteiger partial charge in [0.15, 0.2) is 0 Å². The highest BCUT2D eigenvalue weighted by Crippen LogP contribution is 1.98. The second-order valence-corrected chi connectivity index (χ2v) is 3.17. The molecule has 0 aliphatic heterocycles. The maximum absolute atomic E-state index is 11.5. The van der Waals surface area contributed by atoms with Crippen LogP contribution in [0.3, 0.4) is 0 Å². The first-order valence-corrected chi connectivity index (χ1v) is 4.22. The summed E-state index contributed by atoms with van der Waals surface area (Å²) in [5.41, 5.74) is 3.43. The molecule has 1 rings (SSSR count). The van der Waals surface area contributed by atoms with E-state index in [1.807, 2.05) is 18.4 Å². The van der Waals surface area contributed by atoms with E-state index in [1.54, 1.807) is 6.92 Å². The number of rotatable bonds is 2. The van der Waals surface area contributed by atoms with Gasteiger partial charge in [-0.15, -0.1) is 0 Å². The first kappa shape index (κ1) is 10.5. The van der Waals surface area contributed by atoms with E-state index in [0.717, 1.165) is 11.3 Å². The van der Waals surface area contributed by atoms with Crippen LogP contribution in [0.5, 0.6) is 0 Å². The van der Waals surface area contributed by atoms with Gasteiger partial charge in [-0.2, -0.15) is 0 Å². The molecule has 0 spiro atoms. The smallest absolute Gasteiger partial charge is 0.253 e. The summed E-state index contributed by atoms with van der Waals surface area (Å²) in [6, 6.07) is 3.32. The topological polar surface area (TPSA) is 77.1 Å². The van der Waals surface area contributed by atoms with Crippen molar-refractivity contribution in [3.05, 3.63) is 33.7 Å². The van der Waals surface area contributed by atoms with Crippen molar-refractivity contribution in [2.45, 2.75) is 20.4 Å². The predicted octanol–water partition coefficient (Wildman–Crippen LogP) is -0.545. The van der Waals surface area contributed by atoms with E-state index in [-0.39, 0.29) is 18.0 Å². The van der Waals surface area contributed by atoms with Crippen molar-refractivity contribution in [3.63, 3.8) is 0 Å². The zero-order valence-electron chi connectivity index (χ0n) is 8.20. The van der Waals surface area contributed by atoms with Crippen LogP contribution in [0.1, 0.15) is 11.3 Å². The predicted molar refractivity (Wildman–Crippen MR) is 52.5 cm³/mol. The molecular formula is C9H13N3O2. The molecule has 0 aliphatic carbocycles. The molecule has 0 fully saturated rings. The van der Waals surface area contributed by atoms with Crippen molar-refractivity contribution >= 4 is 5.91 Å². The van der Waals surface area contributed by atoms with Gasteiger partial charge >= 0.3 is 0 Å². The molecular weight excluding hydrogens is 182 g/mol. The second kappa shape index (κ2) is 4.06. The Hall–Kier alpha value is -1.62. The number of amides is 1. The lowest BCUT2D eigenvalue weighted by Gasteiger charge is -2.08. The van der Waals surface area contributed by atoms with Crippen molar-refractivity contribution in [1.29, 1.82) is 0 Å². The Kier molecular flexibility index (Phi) is 3.03. The summed E-state index contributed by atoms with van der Waals surface area (Å²) in [6.07, 6.45) is 0. The Morgan fingerprint density at radius 3 is 2.64 bits per heavy atom. The lowest BCUT2D eigenvalue weighted by molar-refractivity contribution is -0.121. The first-order valence-electron chi connectivity index (χ1n) is 4.22. The number of carbonyl (C=O) groups is 1. The van der Waals surface area contributed by atoms with Crippen molar-refractivity contribution in [3.8, 4) is 0 Å². The number of hydrazine groups is 1. The molecule has 1 amide bonds. The highest BCUT2D eigenvalue weighted by atomic mass is 16.2. The summed E-state index contributed by atoms with van der Waals surface area (Å²) in [5, 5.41) is 0. The second-order valence-electron chi connectivity index (χ2n) is 3.17. The summed E-state index contributed by atoms with van der Waals surface area (Å²) >= 11 is 0. The summed E-state index contributed by atoms with van der Waals surface area (Å²) in [5.74, 6) is 4.55. The number of nitrogens with one attached hydrogen (secondary N) is 1. The number of pyridine rings is 1. The standard InChI is InChI=1S/C9H13N3O2/c1-6-3-7(2)12(9(14)4-6)5-8(13)11-10/h3-4H,5,10H2,1-2H3,(H,11,13). The van der Waals surface area contributed by atoms with Crippen molar-refractivity contribution in [2.24, 2.45) is 5.84 Å². The van der Waals surface area contributed by atoms with Crippen molar-refractivity contribution in [2.75, 3.05) is 0 Å². The Morgan fingerprint density at radius 1 is 1.50 bits per heavy atom. The van der Waals surface area contributed by atoms with E-state index < -0.39 is 0 Å². The van der Waals surface area contributed by atoms with Crippen LogP contribution in [0.4, 0.5) is 0 Å². The number of nitrogens with zero attached hydrogens (tertiary/aromatic N) is 1. The van der Waals surface area contributed by atoms with Crippen molar-refractivity contribution in [1.82, 2.24) is 9.99 Å². The van der Waals surface area contributed by atoms with Gasteiger partial charge in [0.2, 0.25) is 0 Å². The zero-order valence-corrected chi connectivity index (χ0v) is 8.20. The minimum Gasteiger partial charge on any atom is -0.303 e. The number of aromatic nitrogens is 1. The summed E-state index contributed by atoms with van der Waals surface area (Å²) in [7, 11) is 0. The van der Waals surface area contributed by atoms with Crippen LogP contribution in [0, 0.1) is 13.8 Å². The van der Waals surface area contributed by atoms with E-state index in [2.05, 4.69) is 0 Å². The molecule has 1 aromatic heterocycles. The van der Waals surface area contributed by atoms with Gasteiger partial charge < -0.3 is 4.57 Å². The molecule has 5 nitrogen and oxygen atoms in total. The Bertz CT molecular complexity index is 409. The molecule has 3 N–H and O–H groups in total. The molecule has 0 aliphatic rings. The van der Waals surface area contributed by atoms with E-state index in [9.17, 15) is 9.59 Å². The van der Waals surface area contributed by atoms with Crippen LogP contribution < -0.4 is 16.8 Å². The largest absolute Gasteiger partial charge is 0.303 e. The molecule has 14 heavy (non-hydrogen) atoms. The molecule has 1 heterocycles. The van der Waals surface area contributed by atoms with Crippen LogP contribution in [0.25, 0.3) is 0 Å². The van der Waals surface area contributed by atoms with Crippen LogP contribution in [0.15, 0.2) is 16.9 Å². The molecule has 0 bridgehead atoms. The fourth-order valence-electron chi connectivity index (χ4n) is 1.29. The molecule has 1 aromatic rings. The van der Waals surface area contributed by atoms with Gasteiger partial charge in [0, 0.05) is 11.8 Å². The highest BCUT2D eigenvalue weighted by Gasteiger charge is 2.05. The minimum atomic E-state index is -0.390. The molecule has 5 heteroatoms. The zero-order chi connectivity index (χ0) is 10.7. The van der Waals surface area contributed by atoms with Crippen LogP contribution in [-0.2, 0) is 11.3 Å². The third-order valence-electron chi connectivity index (χ3n) is 1.94. The SMILES string of the molecule is Cc1cc(C)n(CC(=O)NN)c(=O)c1. The van der Waals surface area contributed by atoms with Gasteiger partial charge in [-0.1, -0.05) is 0 Å². The minimum absolute atomic E-state index is 0.0402. The quantitative estimate of drug-likeness (QED) is 0.378. The molecule has 0 saturated heterocycles. The first-order chi connectivity index (χ1) is 6.54. The van der Waals surface area contributed by atoms with Crippen molar-refractivity contribution < 1.29 is 4.79 Å². The lowest BCUT2D eigenvalue weighted by Crippen LogP contribution is -2.36. The lowest BCUT2D eigenvalue weighted by atomic mass is 10.2. The third-order valence-corrected chi connectivity index (χ3v) is 1.94. The van der Waals surface area contributed by atoms with E-state index in [4.69, 9.17) is 5.84 Å².